The number of hydrogen-bond donors (Lipinski definition) is 1. The molecule has 0 aliphatic rings. The Bertz CT molecular complexity index is 438. The maximum absolute atomic E-state index is 12.6. The van der Waals surface area contributed by atoms with Crippen molar-refractivity contribution < 1.29 is 23.1 Å². The van der Waals surface area contributed by atoms with E-state index in [1.165, 1.54) is 18.2 Å². The molecule has 1 aromatic rings. The minimum Gasteiger partial charge on any atom is -0.478 e. The Morgan fingerprint density at radius 1 is 1.31 bits per heavy atom. The van der Waals surface area contributed by atoms with Crippen LogP contribution in [0, 0.1) is 0 Å². The van der Waals surface area contributed by atoms with Crippen molar-refractivity contribution in [1.29, 1.82) is 0 Å². The number of hydrogen-bond acceptors (Lipinski definition) is 1. The molecule has 0 amide bonds. The zero-order valence-electron chi connectivity index (χ0n) is 7.75. The molecule has 6 heteroatoms. The van der Waals surface area contributed by atoms with Crippen LogP contribution < -0.4 is 0 Å². The molecule has 0 saturated heterocycles. The van der Waals surface area contributed by atoms with Gasteiger partial charge in [-0.25, -0.2) is 4.79 Å². The van der Waals surface area contributed by atoms with Crippen molar-refractivity contribution in [2.24, 2.45) is 0 Å². The fourth-order valence-electron chi connectivity index (χ4n) is 1.12. The number of aliphatic carboxylic acids is 1. The highest BCUT2D eigenvalue weighted by Crippen LogP contribution is 2.36. The number of carboxylic acid groups (broad SMARTS) is 1. The van der Waals surface area contributed by atoms with Gasteiger partial charge in [-0.3, -0.25) is 0 Å². The molecule has 86 valence electrons. The molecule has 0 aliphatic carbocycles. The molecule has 0 fully saturated rings. The quantitative estimate of drug-likeness (QED) is 0.848. The molecule has 2 nitrogen and oxygen atoms in total. The highest BCUT2D eigenvalue weighted by Gasteiger charge is 2.36. The zero-order valence-corrected chi connectivity index (χ0v) is 9.34. The summed E-state index contributed by atoms with van der Waals surface area (Å²) in [6.45, 7) is 0. The summed E-state index contributed by atoms with van der Waals surface area (Å²) in [5.74, 6) is -1.64. The molecule has 1 aromatic carbocycles. The molecule has 0 unspecified atom stereocenters. The summed E-state index contributed by atoms with van der Waals surface area (Å²) in [7, 11) is 0. The van der Waals surface area contributed by atoms with E-state index in [4.69, 9.17) is 5.11 Å². The van der Waals surface area contributed by atoms with Crippen LogP contribution in [0.25, 0.3) is 5.57 Å². The van der Waals surface area contributed by atoms with Gasteiger partial charge >= 0.3 is 12.1 Å². The summed E-state index contributed by atoms with van der Waals surface area (Å²) in [5, 5.41) is 8.41. The summed E-state index contributed by atoms with van der Waals surface area (Å²) in [6, 6.07) is 5.56. The zero-order chi connectivity index (χ0) is 12.3. The number of halogens is 4. The Morgan fingerprint density at radius 2 is 1.88 bits per heavy atom. The summed E-state index contributed by atoms with van der Waals surface area (Å²) in [6.07, 6.45) is -4.55. The van der Waals surface area contributed by atoms with E-state index in [9.17, 15) is 18.0 Å². The van der Waals surface area contributed by atoms with Gasteiger partial charge in [-0.1, -0.05) is 34.1 Å². The van der Waals surface area contributed by atoms with Crippen LogP contribution in [0.4, 0.5) is 13.2 Å². The van der Waals surface area contributed by atoms with E-state index < -0.39 is 17.7 Å². The molecule has 0 aromatic heterocycles. The molecule has 0 radical (unpaired) electrons. The van der Waals surface area contributed by atoms with E-state index in [2.05, 4.69) is 15.9 Å². The van der Waals surface area contributed by atoms with Crippen LogP contribution in [-0.2, 0) is 4.79 Å². The average molecular weight is 295 g/mol. The third-order valence-electron chi connectivity index (χ3n) is 1.74. The molecule has 16 heavy (non-hydrogen) atoms. The highest BCUT2D eigenvalue weighted by molar-refractivity contribution is 9.10. The van der Waals surface area contributed by atoms with Gasteiger partial charge < -0.3 is 5.11 Å². The lowest BCUT2D eigenvalue weighted by molar-refractivity contribution is -0.131. The standard InChI is InChI=1S/C10H6BrF3O2/c11-8-4-2-1-3-6(8)7(5-9(15)16)10(12,13)14/h1-5H,(H,15,16)/b7-5+. The van der Waals surface area contributed by atoms with E-state index in [1.54, 1.807) is 6.07 Å². The predicted molar refractivity (Wildman–Crippen MR) is 55.8 cm³/mol. The third-order valence-corrected chi connectivity index (χ3v) is 2.43. The SMILES string of the molecule is O=C(O)/C=C(\c1ccccc1Br)C(F)(F)F. The Labute approximate surface area is 97.5 Å². The average Bonchev–Trinajstić information content (AvgIpc) is 2.13. The van der Waals surface area contributed by atoms with Crippen LogP contribution in [0.5, 0.6) is 0 Å². The fraction of sp³-hybridized carbons (Fsp3) is 0.100. The van der Waals surface area contributed by atoms with E-state index >= 15 is 0 Å². The molecule has 0 saturated carbocycles. The second-order valence-corrected chi connectivity index (χ2v) is 3.73. The summed E-state index contributed by atoms with van der Waals surface area (Å²) < 4.78 is 38.0. The van der Waals surface area contributed by atoms with Gasteiger partial charge in [-0.2, -0.15) is 13.2 Å². The van der Waals surface area contributed by atoms with Gasteiger partial charge in [-0.15, -0.1) is 0 Å². The van der Waals surface area contributed by atoms with Crippen LogP contribution in [0.1, 0.15) is 5.56 Å². The number of allylic oxidation sites excluding steroid dienone is 1. The lowest BCUT2D eigenvalue weighted by Gasteiger charge is -2.12. The van der Waals surface area contributed by atoms with Gasteiger partial charge in [0.15, 0.2) is 0 Å². The van der Waals surface area contributed by atoms with Crippen molar-refractivity contribution in [2.75, 3.05) is 0 Å². The second-order valence-electron chi connectivity index (χ2n) is 2.87. The first-order chi connectivity index (χ1) is 7.32. The first-order valence-electron chi connectivity index (χ1n) is 4.09. The second kappa shape index (κ2) is 4.69. The van der Waals surface area contributed by atoms with Crippen LogP contribution >= 0.6 is 15.9 Å². The van der Waals surface area contributed by atoms with Crippen LogP contribution in [0.15, 0.2) is 34.8 Å². The van der Waals surface area contributed by atoms with Crippen LogP contribution in [0.3, 0.4) is 0 Å². The van der Waals surface area contributed by atoms with E-state index in [-0.39, 0.29) is 16.1 Å². The monoisotopic (exact) mass is 294 g/mol. The number of carbonyl (C=O) groups is 1. The minimum absolute atomic E-state index is 0.153. The van der Waals surface area contributed by atoms with Crippen LogP contribution in [-0.4, -0.2) is 17.3 Å². The topological polar surface area (TPSA) is 37.3 Å². The lowest BCUT2D eigenvalue weighted by atomic mass is 10.1. The molecular formula is C10H6BrF3O2. The summed E-state index contributed by atoms with van der Waals surface area (Å²) in [4.78, 5) is 10.3. The smallest absolute Gasteiger partial charge is 0.417 e. The molecule has 1 rings (SSSR count). The first kappa shape index (κ1) is 12.8. The molecule has 0 heterocycles. The first-order valence-corrected chi connectivity index (χ1v) is 4.88. The summed E-state index contributed by atoms with van der Waals surface area (Å²) in [5.41, 5.74) is -1.38. The lowest BCUT2D eigenvalue weighted by Crippen LogP contribution is -2.13. The van der Waals surface area contributed by atoms with Gasteiger partial charge in [0.1, 0.15) is 0 Å². The van der Waals surface area contributed by atoms with Gasteiger partial charge in [-0.05, 0) is 6.07 Å². The Morgan fingerprint density at radius 3 is 2.31 bits per heavy atom. The van der Waals surface area contributed by atoms with Gasteiger partial charge in [0.05, 0.1) is 5.57 Å². The number of rotatable bonds is 2. The third kappa shape index (κ3) is 3.10. The van der Waals surface area contributed by atoms with Gasteiger partial charge in [0.2, 0.25) is 0 Å². The Balaban J connectivity index is 3.34. The van der Waals surface area contributed by atoms with E-state index in [1.807, 2.05) is 0 Å². The number of carboxylic acids is 1. The number of alkyl halides is 3. The summed E-state index contributed by atoms with van der Waals surface area (Å²) >= 11 is 2.95. The van der Waals surface area contributed by atoms with E-state index in [0.717, 1.165) is 0 Å². The molecule has 0 spiro atoms. The maximum Gasteiger partial charge on any atom is 0.417 e. The van der Waals surface area contributed by atoms with Crippen LogP contribution in [0.2, 0.25) is 0 Å². The molecular weight excluding hydrogens is 289 g/mol. The van der Waals surface area contributed by atoms with Crippen molar-refractivity contribution in [1.82, 2.24) is 0 Å². The van der Waals surface area contributed by atoms with Crippen molar-refractivity contribution >= 4 is 27.5 Å². The van der Waals surface area contributed by atoms with Gasteiger partial charge in [0.25, 0.3) is 0 Å². The molecule has 1 N–H and O–H groups in total. The van der Waals surface area contributed by atoms with E-state index in [0.29, 0.717) is 0 Å². The minimum atomic E-state index is -4.71. The molecule has 0 aliphatic heterocycles. The highest BCUT2D eigenvalue weighted by atomic mass is 79.9. The molecule has 0 bridgehead atoms. The van der Waals surface area contributed by atoms with Crippen molar-refractivity contribution in [3.8, 4) is 0 Å². The van der Waals surface area contributed by atoms with Crippen molar-refractivity contribution in [3.05, 3.63) is 40.4 Å². The fourth-order valence-corrected chi connectivity index (χ4v) is 1.61. The maximum atomic E-state index is 12.6. The van der Waals surface area contributed by atoms with Gasteiger partial charge in [0, 0.05) is 16.1 Å². The normalized spacial score (nSPS) is 12.6. The predicted octanol–water partition coefficient (Wildman–Crippen LogP) is 3.48. The Hall–Kier alpha value is -1.30. The Kier molecular flexibility index (Phi) is 3.74. The van der Waals surface area contributed by atoms with Crippen molar-refractivity contribution in [2.45, 2.75) is 6.18 Å². The largest absolute Gasteiger partial charge is 0.478 e. The van der Waals surface area contributed by atoms with Crippen molar-refractivity contribution in [3.63, 3.8) is 0 Å². The number of benzene rings is 1. The molecule has 0 atom stereocenters.